The van der Waals surface area contributed by atoms with E-state index >= 15 is 0 Å². The number of nitrogens with one attached hydrogen (secondary N) is 2. The average molecular weight is 228 g/mol. The van der Waals surface area contributed by atoms with E-state index in [2.05, 4.69) is 36.1 Å². The lowest BCUT2D eigenvalue weighted by Gasteiger charge is -2.34. The molecule has 4 heteroatoms. The van der Waals surface area contributed by atoms with Crippen LogP contribution in [0.25, 0.3) is 0 Å². The summed E-state index contributed by atoms with van der Waals surface area (Å²) in [5.41, 5.74) is 0.174. The lowest BCUT2D eigenvalue weighted by molar-refractivity contribution is 0.160. The monoisotopic (exact) mass is 228 g/mol. The van der Waals surface area contributed by atoms with Crippen LogP contribution in [0.5, 0.6) is 0 Å². The predicted octanol–water partition coefficient (Wildman–Crippen LogP) is 2.04. The third-order valence-corrected chi connectivity index (χ3v) is 2.87. The minimum atomic E-state index is -0.313. The van der Waals surface area contributed by atoms with Crippen molar-refractivity contribution in [3.8, 4) is 0 Å². The zero-order valence-corrected chi connectivity index (χ0v) is 10.8. The van der Waals surface area contributed by atoms with Crippen LogP contribution in [0.1, 0.15) is 46.5 Å². The standard InChI is InChI=1S/C12H24N2O2/c1-12(2,3)14-10-7-5-9(6-8-10)13-11(15)16-4/h9-10,14H,5-8H2,1-4H3,(H,13,15). The van der Waals surface area contributed by atoms with Crippen molar-refractivity contribution in [1.82, 2.24) is 10.6 Å². The van der Waals surface area contributed by atoms with Crippen LogP contribution in [0.4, 0.5) is 4.79 Å². The number of carbonyl (C=O) groups excluding carboxylic acids is 1. The molecule has 1 fully saturated rings. The Kier molecular flexibility index (Phi) is 4.59. The second-order valence-corrected chi connectivity index (χ2v) is 5.58. The lowest BCUT2D eigenvalue weighted by atomic mass is 9.89. The highest BCUT2D eigenvalue weighted by Crippen LogP contribution is 2.20. The Labute approximate surface area is 98.1 Å². The predicted molar refractivity (Wildman–Crippen MR) is 64.5 cm³/mol. The number of amides is 1. The smallest absolute Gasteiger partial charge is 0.407 e. The van der Waals surface area contributed by atoms with Gasteiger partial charge in [0.1, 0.15) is 0 Å². The molecule has 1 saturated carbocycles. The summed E-state index contributed by atoms with van der Waals surface area (Å²) in [5, 5.41) is 6.46. The van der Waals surface area contributed by atoms with Gasteiger partial charge in [0.05, 0.1) is 7.11 Å². The molecule has 1 amide bonds. The van der Waals surface area contributed by atoms with E-state index in [1.165, 1.54) is 7.11 Å². The van der Waals surface area contributed by atoms with Gasteiger partial charge in [0.2, 0.25) is 0 Å². The van der Waals surface area contributed by atoms with E-state index in [1.807, 2.05) is 0 Å². The van der Waals surface area contributed by atoms with Crippen molar-refractivity contribution >= 4 is 6.09 Å². The van der Waals surface area contributed by atoms with Crippen molar-refractivity contribution < 1.29 is 9.53 Å². The maximum atomic E-state index is 11.0. The molecule has 1 aliphatic rings. The van der Waals surface area contributed by atoms with Crippen molar-refractivity contribution in [1.29, 1.82) is 0 Å². The van der Waals surface area contributed by atoms with Gasteiger partial charge >= 0.3 is 6.09 Å². The summed E-state index contributed by atoms with van der Waals surface area (Å²) in [4.78, 5) is 11.0. The molecule has 0 heterocycles. The van der Waals surface area contributed by atoms with Crippen molar-refractivity contribution in [3.05, 3.63) is 0 Å². The number of hydrogen-bond acceptors (Lipinski definition) is 3. The Hall–Kier alpha value is -0.770. The van der Waals surface area contributed by atoms with Gasteiger partial charge in [-0.05, 0) is 46.5 Å². The van der Waals surface area contributed by atoms with Gasteiger partial charge in [0.25, 0.3) is 0 Å². The minimum Gasteiger partial charge on any atom is -0.453 e. The molecule has 0 spiro atoms. The zero-order valence-electron chi connectivity index (χ0n) is 10.8. The molecule has 2 N–H and O–H groups in total. The zero-order chi connectivity index (χ0) is 12.2. The topological polar surface area (TPSA) is 50.4 Å². The average Bonchev–Trinajstić information content (AvgIpc) is 2.18. The molecule has 94 valence electrons. The normalized spacial score (nSPS) is 26.2. The largest absolute Gasteiger partial charge is 0.453 e. The van der Waals surface area contributed by atoms with Gasteiger partial charge in [-0.1, -0.05) is 0 Å². The first-order valence-electron chi connectivity index (χ1n) is 6.03. The molecule has 0 aromatic carbocycles. The van der Waals surface area contributed by atoms with Gasteiger partial charge in [-0.3, -0.25) is 0 Å². The molecule has 0 bridgehead atoms. The Morgan fingerprint density at radius 1 is 1.12 bits per heavy atom. The number of alkyl carbamates (subject to hydrolysis) is 1. The van der Waals surface area contributed by atoms with Gasteiger partial charge < -0.3 is 15.4 Å². The van der Waals surface area contributed by atoms with Crippen molar-refractivity contribution in [2.24, 2.45) is 0 Å². The van der Waals surface area contributed by atoms with E-state index in [1.54, 1.807) is 0 Å². The Balaban J connectivity index is 2.26. The van der Waals surface area contributed by atoms with Crippen LogP contribution in [0.3, 0.4) is 0 Å². The van der Waals surface area contributed by atoms with Gasteiger partial charge in [-0.2, -0.15) is 0 Å². The van der Waals surface area contributed by atoms with E-state index in [9.17, 15) is 4.79 Å². The summed E-state index contributed by atoms with van der Waals surface area (Å²) >= 11 is 0. The first-order valence-corrected chi connectivity index (χ1v) is 6.03. The van der Waals surface area contributed by atoms with Crippen molar-refractivity contribution in [2.75, 3.05) is 7.11 Å². The fourth-order valence-electron chi connectivity index (χ4n) is 2.22. The molecule has 1 aliphatic carbocycles. The van der Waals surface area contributed by atoms with Crippen LogP contribution in [0.15, 0.2) is 0 Å². The molecular weight excluding hydrogens is 204 g/mol. The van der Waals surface area contributed by atoms with Gasteiger partial charge in [-0.15, -0.1) is 0 Å². The van der Waals surface area contributed by atoms with Crippen LogP contribution < -0.4 is 10.6 Å². The molecule has 4 nitrogen and oxygen atoms in total. The molecular formula is C12H24N2O2. The molecule has 0 aliphatic heterocycles. The molecule has 0 saturated heterocycles. The maximum absolute atomic E-state index is 11.0. The van der Waals surface area contributed by atoms with E-state index in [-0.39, 0.29) is 17.7 Å². The van der Waals surface area contributed by atoms with Crippen molar-refractivity contribution in [2.45, 2.75) is 64.1 Å². The second-order valence-electron chi connectivity index (χ2n) is 5.58. The Bertz CT molecular complexity index is 228. The second kappa shape index (κ2) is 5.53. The highest BCUT2D eigenvalue weighted by molar-refractivity contribution is 5.67. The Morgan fingerprint density at radius 3 is 2.06 bits per heavy atom. The van der Waals surface area contributed by atoms with Gasteiger partial charge in [0, 0.05) is 17.6 Å². The summed E-state index contributed by atoms with van der Waals surface area (Å²) < 4.78 is 4.59. The number of methoxy groups -OCH3 is 1. The summed E-state index contributed by atoms with van der Waals surface area (Å²) in [5.74, 6) is 0. The first kappa shape index (κ1) is 13.3. The molecule has 16 heavy (non-hydrogen) atoms. The number of ether oxygens (including phenoxy) is 1. The van der Waals surface area contributed by atoms with Crippen LogP contribution in [-0.2, 0) is 4.74 Å². The van der Waals surface area contributed by atoms with E-state index in [0.29, 0.717) is 6.04 Å². The molecule has 0 aromatic heterocycles. The van der Waals surface area contributed by atoms with E-state index in [4.69, 9.17) is 0 Å². The van der Waals surface area contributed by atoms with Crippen molar-refractivity contribution in [3.63, 3.8) is 0 Å². The summed E-state index contributed by atoms with van der Waals surface area (Å²) in [6.45, 7) is 6.56. The molecule has 1 rings (SSSR count). The molecule has 0 aromatic rings. The molecule has 0 atom stereocenters. The summed E-state index contributed by atoms with van der Waals surface area (Å²) in [6.07, 6.45) is 3.98. The van der Waals surface area contributed by atoms with Gasteiger partial charge in [0.15, 0.2) is 0 Å². The lowest BCUT2D eigenvalue weighted by Crippen LogP contribution is -2.48. The fourth-order valence-corrected chi connectivity index (χ4v) is 2.22. The highest BCUT2D eigenvalue weighted by Gasteiger charge is 2.25. The molecule has 0 unspecified atom stereocenters. The van der Waals surface area contributed by atoms with E-state index in [0.717, 1.165) is 25.7 Å². The van der Waals surface area contributed by atoms with Crippen LogP contribution in [0.2, 0.25) is 0 Å². The summed E-state index contributed by atoms with van der Waals surface area (Å²) in [6, 6.07) is 0.862. The van der Waals surface area contributed by atoms with Crippen LogP contribution >= 0.6 is 0 Å². The van der Waals surface area contributed by atoms with Crippen LogP contribution in [0, 0.1) is 0 Å². The third-order valence-electron chi connectivity index (χ3n) is 2.87. The summed E-state index contributed by atoms with van der Waals surface area (Å²) in [7, 11) is 1.40. The minimum absolute atomic E-state index is 0.174. The SMILES string of the molecule is COC(=O)NC1CCC(NC(C)(C)C)CC1. The maximum Gasteiger partial charge on any atom is 0.407 e. The quantitative estimate of drug-likeness (QED) is 0.760. The van der Waals surface area contributed by atoms with Gasteiger partial charge in [-0.25, -0.2) is 4.79 Å². The highest BCUT2D eigenvalue weighted by atomic mass is 16.5. The number of hydrogen-bond donors (Lipinski definition) is 2. The third kappa shape index (κ3) is 4.84. The number of rotatable bonds is 2. The number of carbonyl (C=O) groups is 1. The Morgan fingerprint density at radius 2 is 1.62 bits per heavy atom. The first-order chi connectivity index (χ1) is 7.40. The molecule has 0 radical (unpaired) electrons. The van der Waals surface area contributed by atoms with E-state index < -0.39 is 0 Å². The van der Waals surface area contributed by atoms with Crippen LogP contribution in [-0.4, -0.2) is 30.8 Å². The fraction of sp³-hybridized carbons (Fsp3) is 0.917.